The number of nitrogens with one attached hydrogen (secondary N) is 1. The van der Waals surface area contributed by atoms with Crippen molar-refractivity contribution < 1.29 is 14.1 Å². The normalized spacial score (nSPS) is 16.9. The molecule has 7 heteroatoms. The molecule has 0 saturated heterocycles. The van der Waals surface area contributed by atoms with Crippen LogP contribution in [-0.2, 0) is 4.74 Å². The van der Waals surface area contributed by atoms with E-state index in [-0.39, 0.29) is 11.3 Å². The minimum absolute atomic E-state index is 0.00689. The van der Waals surface area contributed by atoms with Gasteiger partial charge in [-0.05, 0) is 25.3 Å². The lowest BCUT2D eigenvalue weighted by Crippen LogP contribution is -2.45. The Bertz CT molecular complexity index is 643. The molecule has 0 atom stereocenters. The number of hydrogen-bond donors (Lipinski definition) is 1. The third-order valence-electron chi connectivity index (χ3n) is 3.84. The largest absolute Gasteiger partial charge is 0.423 e. The third-order valence-corrected chi connectivity index (χ3v) is 3.84. The third kappa shape index (κ3) is 2.20. The van der Waals surface area contributed by atoms with Crippen LogP contribution in [0.2, 0.25) is 0 Å². The van der Waals surface area contributed by atoms with E-state index in [9.17, 15) is 10.1 Å². The molecule has 0 amide bonds. The predicted molar refractivity (Wildman–Crippen MR) is 72.7 cm³/mol. The van der Waals surface area contributed by atoms with Gasteiger partial charge in [0.1, 0.15) is 5.52 Å². The summed E-state index contributed by atoms with van der Waals surface area (Å²) in [6.45, 7) is 0.623. The number of hydrogen-bond acceptors (Lipinski definition) is 6. The van der Waals surface area contributed by atoms with E-state index in [0.717, 1.165) is 19.3 Å². The second-order valence-corrected chi connectivity index (χ2v) is 5.02. The molecule has 3 rings (SSSR count). The minimum atomic E-state index is -0.455. The zero-order chi connectivity index (χ0) is 14.2. The molecule has 1 N–H and O–H groups in total. The molecule has 1 saturated carbocycles. The summed E-state index contributed by atoms with van der Waals surface area (Å²) < 4.78 is 11.0. The molecule has 0 aliphatic heterocycles. The van der Waals surface area contributed by atoms with E-state index in [1.165, 1.54) is 12.1 Å². The van der Waals surface area contributed by atoms with Gasteiger partial charge in [0.15, 0.2) is 5.58 Å². The minimum Gasteiger partial charge on any atom is -0.423 e. The van der Waals surface area contributed by atoms with E-state index in [4.69, 9.17) is 9.15 Å². The summed E-state index contributed by atoms with van der Waals surface area (Å²) in [6.07, 6.45) is 3.19. The molecule has 0 radical (unpaired) electrons. The molecule has 1 aliphatic rings. The highest BCUT2D eigenvalue weighted by molar-refractivity contribution is 5.77. The number of nitro groups is 1. The molecule has 1 aliphatic carbocycles. The van der Waals surface area contributed by atoms with Crippen LogP contribution in [0.25, 0.3) is 11.1 Å². The number of ether oxygens (including phenoxy) is 1. The standard InChI is InChI=1S/C13H15N3O4/c1-19-13(5-2-6-13)8-14-12-15-10-4-3-9(16(17)18)7-11(10)20-12/h3-4,7H,2,5-6,8H2,1H3,(H,14,15). The number of fused-ring (bicyclic) bond motifs is 1. The number of benzene rings is 1. The number of aromatic nitrogens is 1. The molecule has 0 unspecified atom stereocenters. The van der Waals surface area contributed by atoms with E-state index in [1.807, 2.05) is 0 Å². The highest BCUT2D eigenvalue weighted by Crippen LogP contribution is 2.35. The second kappa shape index (κ2) is 4.75. The van der Waals surface area contributed by atoms with Gasteiger partial charge in [-0.2, -0.15) is 4.98 Å². The lowest BCUT2D eigenvalue weighted by Gasteiger charge is -2.40. The molecule has 7 nitrogen and oxygen atoms in total. The topological polar surface area (TPSA) is 90.4 Å². The Kier molecular flexibility index (Phi) is 3.06. The van der Waals surface area contributed by atoms with E-state index in [1.54, 1.807) is 13.2 Å². The van der Waals surface area contributed by atoms with Crippen molar-refractivity contribution in [2.24, 2.45) is 0 Å². The van der Waals surface area contributed by atoms with Gasteiger partial charge in [0.25, 0.3) is 11.7 Å². The van der Waals surface area contributed by atoms with Crippen LogP contribution in [0.1, 0.15) is 19.3 Å². The molecule has 0 spiro atoms. The molecule has 106 valence electrons. The van der Waals surface area contributed by atoms with Crippen LogP contribution in [0, 0.1) is 10.1 Å². The first kappa shape index (κ1) is 12.9. The van der Waals surface area contributed by atoms with Crippen LogP contribution in [0.4, 0.5) is 11.7 Å². The van der Waals surface area contributed by atoms with Gasteiger partial charge in [0, 0.05) is 19.7 Å². The van der Waals surface area contributed by atoms with Crippen molar-refractivity contribution in [2.75, 3.05) is 19.0 Å². The summed E-state index contributed by atoms with van der Waals surface area (Å²) in [6, 6.07) is 4.74. The highest BCUT2D eigenvalue weighted by atomic mass is 16.6. The van der Waals surface area contributed by atoms with Gasteiger partial charge in [-0.1, -0.05) is 0 Å². The van der Waals surface area contributed by atoms with E-state index < -0.39 is 4.92 Å². The fourth-order valence-corrected chi connectivity index (χ4v) is 2.36. The molecule has 1 aromatic carbocycles. The van der Waals surface area contributed by atoms with Crippen LogP contribution < -0.4 is 5.32 Å². The smallest absolute Gasteiger partial charge is 0.295 e. The van der Waals surface area contributed by atoms with Crippen LogP contribution in [-0.4, -0.2) is 29.2 Å². The van der Waals surface area contributed by atoms with E-state index >= 15 is 0 Å². The number of nitrogens with zero attached hydrogens (tertiary/aromatic N) is 2. The fraction of sp³-hybridized carbons (Fsp3) is 0.462. The number of oxazole rings is 1. The zero-order valence-electron chi connectivity index (χ0n) is 11.1. The Hall–Kier alpha value is -2.15. The molecular weight excluding hydrogens is 262 g/mol. The summed E-state index contributed by atoms with van der Waals surface area (Å²) in [5.74, 6) is 0. The highest BCUT2D eigenvalue weighted by Gasteiger charge is 2.37. The van der Waals surface area contributed by atoms with Crippen LogP contribution in [0.5, 0.6) is 0 Å². The van der Waals surface area contributed by atoms with Gasteiger partial charge >= 0.3 is 0 Å². The monoisotopic (exact) mass is 277 g/mol. The Labute approximate surface area is 115 Å². The predicted octanol–water partition coefficient (Wildman–Crippen LogP) is 2.72. The number of non-ortho nitro benzene ring substituents is 1. The first-order valence-corrected chi connectivity index (χ1v) is 6.46. The average Bonchev–Trinajstić information content (AvgIpc) is 2.79. The second-order valence-electron chi connectivity index (χ2n) is 5.02. The fourth-order valence-electron chi connectivity index (χ4n) is 2.36. The molecule has 0 bridgehead atoms. The summed E-state index contributed by atoms with van der Waals surface area (Å²) in [5.41, 5.74) is 0.861. The Morgan fingerprint density at radius 1 is 1.55 bits per heavy atom. The van der Waals surface area contributed by atoms with Gasteiger partial charge in [-0.3, -0.25) is 10.1 Å². The first-order chi connectivity index (χ1) is 9.62. The number of methoxy groups -OCH3 is 1. The lowest BCUT2D eigenvalue weighted by atomic mass is 9.80. The number of rotatable bonds is 5. The summed E-state index contributed by atoms with van der Waals surface area (Å²) in [4.78, 5) is 14.5. The van der Waals surface area contributed by atoms with Gasteiger partial charge in [-0.25, -0.2) is 0 Å². The van der Waals surface area contributed by atoms with Gasteiger partial charge in [0.05, 0.1) is 16.6 Å². The molecular formula is C13H15N3O4. The van der Waals surface area contributed by atoms with Crippen molar-refractivity contribution in [1.29, 1.82) is 0 Å². The van der Waals surface area contributed by atoms with Crippen molar-refractivity contribution >= 4 is 22.8 Å². The van der Waals surface area contributed by atoms with E-state index in [0.29, 0.717) is 23.7 Å². The van der Waals surface area contributed by atoms with Gasteiger partial charge < -0.3 is 14.5 Å². The number of nitro benzene ring substituents is 1. The Morgan fingerprint density at radius 3 is 2.95 bits per heavy atom. The van der Waals surface area contributed by atoms with Crippen molar-refractivity contribution in [2.45, 2.75) is 24.9 Å². The number of anilines is 1. The quantitative estimate of drug-likeness (QED) is 0.667. The van der Waals surface area contributed by atoms with Crippen molar-refractivity contribution in [3.8, 4) is 0 Å². The summed E-state index contributed by atoms with van der Waals surface area (Å²) >= 11 is 0. The summed E-state index contributed by atoms with van der Waals surface area (Å²) in [5, 5.41) is 13.8. The lowest BCUT2D eigenvalue weighted by molar-refractivity contribution is -0.384. The van der Waals surface area contributed by atoms with Crippen LogP contribution in [0.15, 0.2) is 22.6 Å². The molecule has 1 aromatic heterocycles. The Balaban J connectivity index is 1.77. The maximum absolute atomic E-state index is 10.7. The zero-order valence-corrected chi connectivity index (χ0v) is 11.1. The molecule has 1 heterocycles. The van der Waals surface area contributed by atoms with Crippen molar-refractivity contribution in [1.82, 2.24) is 4.98 Å². The first-order valence-electron chi connectivity index (χ1n) is 6.46. The van der Waals surface area contributed by atoms with Crippen molar-refractivity contribution in [3.05, 3.63) is 28.3 Å². The maximum Gasteiger partial charge on any atom is 0.295 e. The van der Waals surface area contributed by atoms with Crippen LogP contribution in [0.3, 0.4) is 0 Å². The Morgan fingerprint density at radius 2 is 2.35 bits per heavy atom. The SMILES string of the molecule is COC1(CNc2nc3ccc([N+](=O)[O-])cc3o2)CCC1. The molecule has 1 fully saturated rings. The summed E-state index contributed by atoms with van der Waals surface area (Å²) in [7, 11) is 1.70. The van der Waals surface area contributed by atoms with Gasteiger partial charge in [-0.15, -0.1) is 0 Å². The maximum atomic E-state index is 10.7. The van der Waals surface area contributed by atoms with Crippen LogP contribution >= 0.6 is 0 Å². The van der Waals surface area contributed by atoms with Crippen molar-refractivity contribution in [3.63, 3.8) is 0 Å². The molecule has 2 aromatic rings. The van der Waals surface area contributed by atoms with Gasteiger partial charge in [0.2, 0.25) is 0 Å². The average molecular weight is 277 g/mol. The van der Waals surface area contributed by atoms with E-state index in [2.05, 4.69) is 10.3 Å². The molecule has 20 heavy (non-hydrogen) atoms.